The Hall–Kier alpha value is -2.31. The lowest BCUT2D eigenvalue weighted by Gasteiger charge is -2.00. The smallest absolute Gasteiger partial charge is 0.273 e. The molecule has 4 N–H and O–H groups in total. The number of aromatic amines is 1. The van der Waals surface area contributed by atoms with Crippen LogP contribution in [-0.4, -0.2) is 27.4 Å². The number of oxazole rings is 1. The highest BCUT2D eigenvalue weighted by atomic mass is 16.3. The molecule has 0 unspecified atom stereocenters. The number of carbonyl (C=O) groups excluding carboxylic acids is 1. The maximum absolute atomic E-state index is 11.8. The SMILES string of the molecule is CCCCCNC(=O)c1coc(-c2[nH]cnc2N)n1. The highest BCUT2D eigenvalue weighted by molar-refractivity contribution is 5.92. The first-order valence-electron chi connectivity index (χ1n) is 6.25. The van der Waals surface area contributed by atoms with E-state index in [2.05, 4.69) is 27.2 Å². The third-order valence-corrected chi connectivity index (χ3v) is 2.69. The van der Waals surface area contributed by atoms with E-state index >= 15 is 0 Å². The van der Waals surface area contributed by atoms with Gasteiger partial charge in [-0.05, 0) is 6.42 Å². The van der Waals surface area contributed by atoms with Crippen LogP contribution in [0.3, 0.4) is 0 Å². The Morgan fingerprint density at radius 1 is 1.53 bits per heavy atom. The molecule has 19 heavy (non-hydrogen) atoms. The molecule has 0 radical (unpaired) electrons. The summed E-state index contributed by atoms with van der Waals surface area (Å²) in [4.78, 5) is 22.5. The monoisotopic (exact) mass is 263 g/mol. The number of amides is 1. The van der Waals surface area contributed by atoms with Crippen LogP contribution in [0.1, 0.15) is 36.7 Å². The van der Waals surface area contributed by atoms with Crippen LogP contribution < -0.4 is 11.1 Å². The number of anilines is 1. The minimum Gasteiger partial charge on any atom is -0.442 e. The predicted molar refractivity (Wildman–Crippen MR) is 70.4 cm³/mol. The van der Waals surface area contributed by atoms with E-state index < -0.39 is 0 Å². The summed E-state index contributed by atoms with van der Waals surface area (Å²) < 4.78 is 5.22. The van der Waals surface area contributed by atoms with E-state index in [-0.39, 0.29) is 23.3 Å². The molecule has 2 aromatic rings. The number of nitrogen functional groups attached to an aromatic ring is 1. The molecule has 0 atom stereocenters. The lowest BCUT2D eigenvalue weighted by atomic mass is 10.2. The van der Waals surface area contributed by atoms with Gasteiger partial charge < -0.3 is 20.5 Å². The molecule has 2 aromatic heterocycles. The van der Waals surface area contributed by atoms with Gasteiger partial charge in [0.05, 0.1) is 6.33 Å². The molecule has 1 amide bonds. The van der Waals surface area contributed by atoms with E-state index in [1.54, 1.807) is 0 Å². The number of hydrogen-bond donors (Lipinski definition) is 3. The van der Waals surface area contributed by atoms with Crippen molar-refractivity contribution in [3.05, 3.63) is 18.3 Å². The lowest BCUT2D eigenvalue weighted by Crippen LogP contribution is -2.24. The molecule has 102 valence electrons. The maximum Gasteiger partial charge on any atom is 0.273 e. The van der Waals surface area contributed by atoms with Gasteiger partial charge in [-0.15, -0.1) is 0 Å². The predicted octanol–water partition coefficient (Wildman–Crippen LogP) is 1.57. The van der Waals surface area contributed by atoms with Crippen LogP contribution in [0.15, 0.2) is 17.0 Å². The topological polar surface area (TPSA) is 110 Å². The number of nitrogens with two attached hydrogens (primary N) is 1. The Labute approximate surface area is 110 Å². The van der Waals surface area contributed by atoms with Crippen LogP contribution in [0.5, 0.6) is 0 Å². The van der Waals surface area contributed by atoms with Crippen molar-refractivity contribution in [3.63, 3.8) is 0 Å². The van der Waals surface area contributed by atoms with Gasteiger partial charge in [-0.2, -0.15) is 0 Å². The third kappa shape index (κ3) is 3.12. The number of rotatable bonds is 6. The van der Waals surface area contributed by atoms with E-state index in [9.17, 15) is 4.79 Å². The number of nitrogens with zero attached hydrogens (tertiary/aromatic N) is 2. The Morgan fingerprint density at radius 2 is 2.37 bits per heavy atom. The Bertz CT molecular complexity index is 546. The van der Waals surface area contributed by atoms with E-state index in [1.165, 1.54) is 12.6 Å². The van der Waals surface area contributed by atoms with Crippen LogP contribution in [0.25, 0.3) is 11.6 Å². The number of carbonyl (C=O) groups is 1. The number of H-pyrrole nitrogens is 1. The maximum atomic E-state index is 11.8. The zero-order valence-electron chi connectivity index (χ0n) is 10.8. The molecular weight excluding hydrogens is 246 g/mol. The van der Waals surface area contributed by atoms with E-state index in [4.69, 9.17) is 10.2 Å². The number of unbranched alkanes of at least 4 members (excludes halogenated alkanes) is 2. The highest BCUT2D eigenvalue weighted by Crippen LogP contribution is 2.20. The van der Waals surface area contributed by atoms with Crippen LogP contribution in [0, 0.1) is 0 Å². The Balaban J connectivity index is 1.97. The second-order valence-electron chi connectivity index (χ2n) is 4.16. The van der Waals surface area contributed by atoms with Gasteiger partial charge in [-0.1, -0.05) is 19.8 Å². The van der Waals surface area contributed by atoms with E-state index in [0.717, 1.165) is 19.3 Å². The lowest BCUT2D eigenvalue weighted by molar-refractivity contribution is 0.0948. The van der Waals surface area contributed by atoms with Gasteiger partial charge in [0.1, 0.15) is 12.0 Å². The molecule has 7 heteroatoms. The highest BCUT2D eigenvalue weighted by Gasteiger charge is 2.15. The molecular formula is C12H17N5O2. The minimum absolute atomic E-state index is 0.237. The molecule has 0 aliphatic heterocycles. The summed E-state index contributed by atoms with van der Waals surface area (Å²) in [5.74, 6) is 0.301. The van der Waals surface area contributed by atoms with Crippen LogP contribution in [-0.2, 0) is 0 Å². The van der Waals surface area contributed by atoms with Gasteiger partial charge >= 0.3 is 0 Å². The molecule has 0 fully saturated rings. The summed E-state index contributed by atoms with van der Waals surface area (Å²) in [6, 6.07) is 0. The Morgan fingerprint density at radius 3 is 3.05 bits per heavy atom. The fraction of sp³-hybridized carbons (Fsp3) is 0.417. The van der Waals surface area contributed by atoms with Gasteiger partial charge in [0, 0.05) is 6.54 Å². The molecule has 0 spiro atoms. The van der Waals surface area contributed by atoms with Gasteiger partial charge in [0.2, 0.25) is 5.89 Å². The average molecular weight is 263 g/mol. The molecule has 7 nitrogen and oxygen atoms in total. The molecule has 0 bridgehead atoms. The van der Waals surface area contributed by atoms with Gasteiger partial charge in [-0.3, -0.25) is 4.79 Å². The summed E-state index contributed by atoms with van der Waals surface area (Å²) >= 11 is 0. The molecule has 2 rings (SSSR count). The Kier molecular flexibility index (Phi) is 4.17. The summed E-state index contributed by atoms with van der Waals surface area (Å²) in [6.45, 7) is 2.75. The summed E-state index contributed by atoms with van der Waals surface area (Å²) in [7, 11) is 0. The largest absolute Gasteiger partial charge is 0.442 e. The minimum atomic E-state index is -0.246. The average Bonchev–Trinajstić information content (AvgIpc) is 3.02. The zero-order valence-corrected chi connectivity index (χ0v) is 10.8. The van der Waals surface area contributed by atoms with E-state index in [1.807, 2.05) is 0 Å². The number of hydrogen-bond acceptors (Lipinski definition) is 5. The fourth-order valence-corrected chi connectivity index (χ4v) is 1.64. The van der Waals surface area contributed by atoms with E-state index in [0.29, 0.717) is 12.2 Å². The quantitative estimate of drug-likeness (QED) is 0.685. The standard InChI is InChI=1S/C12H17N5O2/c1-2-3-4-5-14-11(18)8-6-19-12(17-8)9-10(13)16-7-15-9/h6-7H,2-5,13H2,1H3,(H,14,18)(H,15,16). The molecule has 2 heterocycles. The van der Waals surface area contributed by atoms with Gasteiger partial charge in [0.25, 0.3) is 5.91 Å². The number of aromatic nitrogens is 3. The first kappa shape index (κ1) is 13.1. The summed E-state index contributed by atoms with van der Waals surface area (Å²) in [6.07, 6.45) is 5.92. The van der Waals surface area contributed by atoms with Crippen LogP contribution >= 0.6 is 0 Å². The summed E-state index contributed by atoms with van der Waals surface area (Å²) in [5, 5.41) is 2.79. The van der Waals surface area contributed by atoms with Gasteiger partial charge in [0.15, 0.2) is 11.5 Å². The number of imidazole rings is 1. The molecule has 0 saturated carbocycles. The fourth-order valence-electron chi connectivity index (χ4n) is 1.64. The van der Waals surface area contributed by atoms with Crippen LogP contribution in [0.2, 0.25) is 0 Å². The molecule has 0 saturated heterocycles. The molecule has 0 aliphatic carbocycles. The normalized spacial score (nSPS) is 10.6. The van der Waals surface area contributed by atoms with Crippen molar-refractivity contribution in [1.29, 1.82) is 0 Å². The van der Waals surface area contributed by atoms with Crippen molar-refractivity contribution in [2.45, 2.75) is 26.2 Å². The van der Waals surface area contributed by atoms with Crippen molar-refractivity contribution >= 4 is 11.7 Å². The first-order valence-corrected chi connectivity index (χ1v) is 6.25. The van der Waals surface area contributed by atoms with Gasteiger partial charge in [-0.25, -0.2) is 9.97 Å². The van der Waals surface area contributed by atoms with Crippen molar-refractivity contribution in [2.24, 2.45) is 0 Å². The van der Waals surface area contributed by atoms with Crippen LogP contribution in [0.4, 0.5) is 5.82 Å². The second-order valence-corrected chi connectivity index (χ2v) is 4.16. The van der Waals surface area contributed by atoms with Crippen molar-refractivity contribution < 1.29 is 9.21 Å². The number of nitrogens with one attached hydrogen (secondary N) is 2. The summed E-state index contributed by atoms with van der Waals surface area (Å²) in [5.41, 5.74) is 6.34. The molecule has 0 aliphatic rings. The van der Waals surface area contributed by atoms with Crippen molar-refractivity contribution in [3.8, 4) is 11.6 Å². The van der Waals surface area contributed by atoms with Crippen molar-refractivity contribution in [1.82, 2.24) is 20.3 Å². The second kappa shape index (κ2) is 6.03. The van der Waals surface area contributed by atoms with Crippen molar-refractivity contribution in [2.75, 3.05) is 12.3 Å². The zero-order chi connectivity index (χ0) is 13.7. The third-order valence-electron chi connectivity index (χ3n) is 2.69. The molecule has 0 aromatic carbocycles. The first-order chi connectivity index (χ1) is 9.22.